The standard InChI is InChI=1S/C12H15BrN2O4/c1-14(6-3-7-19-2)12(16)9-4-5-10(13)11(8-9)15(17)18/h4-5,8H,3,6-7H2,1-2H3. The Balaban J connectivity index is 2.82. The monoisotopic (exact) mass is 330 g/mol. The Bertz CT molecular complexity index is 479. The molecule has 0 aromatic heterocycles. The van der Waals surface area contributed by atoms with Crippen LogP contribution in [-0.2, 0) is 4.74 Å². The molecular weight excluding hydrogens is 316 g/mol. The molecule has 0 bridgehead atoms. The lowest BCUT2D eigenvalue weighted by molar-refractivity contribution is -0.385. The van der Waals surface area contributed by atoms with Gasteiger partial charge in [0.05, 0.1) is 9.40 Å². The number of benzene rings is 1. The summed E-state index contributed by atoms with van der Waals surface area (Å²) < 4.78 is 5.27. The van der Waals surface area contributed by atoms with Crippen molar-refractivity contribution >= 4 is 27.5 Å². The van der Waals surface area contributed by atoms with Crippen molar-refractivity contribution in [1.29, 1.82) is 0 Å². The van der Waals surface area contributed by atoms with E-state index in [0.717, 1.165) is 6.42 Å². The third-order valence-corrected chi connectivity index (χ3v) is 3.25. The zero-order valence-corrected chi connectivity index (χ0v) is 12.3. The highest BCUT2D eigenvalue weighted by Crippen LogP contribution is 2.26. The average molecular weight is 331 g/mol. The molecule has 0 aliphatic rings. The van der Waals surface area contributed by atoms with Crippen molar-refractivity contribution in [2.75, 3.05) is 27.3 Å². The van der Waals surface area contributed by atoms with Gasteiger partial charge >= 0.3 is 0 Å². The number of hydrogen-bond donors (Lipinski definition) is 0. The molecule has 0 fully saturated rings. The van der Waals surface area contributed by atoms with Crippen LogP contribution in [0.15, 0.2) is 22.7 Å². The fraction of sp³-hybridized carbons (Fsp3) is 0.417. The van der Waals surface area contributed by atoms with Crippen LogP contribution >= 0.6 is 15.9 Å². The topological polar surface area (TPSA) is 72.7 Å². The fourth-order valence-corrected chi connectivity index (χ4v) is 1.95. The average Bonchev–Trinajstić information content (AvgIpc) is 2.38. The van der Waals surface area contributed by atoms with E-state index in [-0.39, 0.29) is 11.6 Å². The largest absolute Gasteiger partial charge is 0.385 e. The van der Waals surface area contributed by atoms with E-state index in [4.69, 9.17) is 4.74 Å². The summed E-state index contributed by atoms with van der Waals surface area (Å²) in [5, 5.41) is 10.8. The number of nitro benzene ring substituents is 1. The van der Waals surface area contributed by atoms with E-state index in [0.29, 0.717) is 23.2 Å². The van der Waals surface area contributed by atoms with Crippen molar-refractivity contribution in [3.05, 3.63) is 38.3 Å². The Kier molecular flexibility index (Phi) is 5.91. The number of halogens is 1. The summed E-state index contributed by atoms with van der Waals surface area (Å²) in [4.78, 5) is 23.9. The SMILES string of the molecule is COCCCN(C)C(=O)c1ccc(Br)c([N+](=O)[O-])c1. The van der Waals surface area contributed by atoms with Crippen molar-refractivity contribution in [3.8, 4) is 0 Å². The summed E-state index contributed by atoms with van der Waals surface area (Å²) in [5.41, 5.74) is 0.186. The van der Waals surface area contributed by atoms with Gasteiger partial charge < -0.3 is 9.64 Å². The summed E-state index contributed by atoms with van der Waals surface area (Å²) in [6.45, 7) is 1.11. The highest BCUT2D eigenvalue weighted by atomic mass is 79.9. The van der Waals surface area contributed by atoms with Gasteiger partial charge in [-0.2, -0.15) is 0 Å². The Morgan fingerprint density at radius 3 is 2.79 bits per heavy atom. The molecule has 0 heterocycles. The first-order valence-corrected chi connectivity index (χ1v) is 6.45. The zero-order valence-electron chi connectivity index (χ0n) is 10.8. The highest BCUT2D eigenvalue weighted by Gasteiger charge is 2.18. The molecule has 0 aliphatic carbocycles. The van der Waals surface area contributed by atoms with Gasteiger partial charge in [-0.15, -0.1) is 0 Å². The molecule has 0 aliphatic heterocycles. The van der Waals surface area contributed by atoms with Crippen LogP contribution in [-0.4, -0.2) is 43.0 Å². The predicted molar refractivity (Wildman–Crippen MR) is 74.2 cm³/mol. The van der Waals surface area contributed by atoms with Gasteiger partial charge in [0.2, 0.25) is 0 Å². The molecule has 1 amide bonds. The molecule has 0 atom stereocenters. The molecule has 104 valence electrons. The number of methoxy groups -OCH3 is 1. The maximum absolute atomic E-state index is 12.1. The van der Waals surface area contributed by atoms with Crippen LogP contribution < -0.4 is 0 Å². The molecule has 19 heavy (non-hydrogen) atoms. The summed E-state index contributed by atoms with van der Waals surface area (Å²) >= 11 is 3.09. The zero-order chi connectivity index (χ0) is 14.4. The van der Waals surface area contributed by atoms with Crippen LogP contribution in [0.1, 0.15) is 16.8 Å². The molecule has 0 unspecified atom stereocenters. The van der Waals surface area contributed by atoms with E-state index in [2.05, 4.69) is 15.9 Å². The van der Waals surface area contributed by atoms with Gasteiger partial charge in [-0.3, -0.25) is 14.9 Å². The third kappa shape index (κ3) is 4.29. The smallest absolute Gasteiger partial charge is 0.284 e. The fourth-order valence-electron chi connectivity index (χ4n) is 1.55. The lowest BCUT2D eigenvalue weighted by Gasteiger charge is -2.16. The van der Waals surface area contributed by atoms with Crippen LogP contribution in [0.3, 0.4) is 0 Å². The summed E-state index contributed by atoms with van der Waals surface area (Å²) in [5.74, 6) is -0.244. The maximum atomic E-state index is 12.1. The molecule has 1 aromatic rings. The Labute approximate surface area is 119 Å². The Morgan fingerprint density at radius 1 is 1.53 bits per heavy atom. The van der Waals surface area contributed by atoms with Crippen LogP contribution in [0.2, 0.25) is 0 Å². The normalized spacial score (nSPS) is 10.3. The lowest BCUT2D eigenvalue weighted by Crippen LogP contribution is -2.28. The number of amides is 1. The van der Waals surface area contributed by atoms with E-state index in [1.54, 1.807) is 20.2 Å². The van der Waals surface area contributed by atoms with E-state index >= 15 is 0 Å². The second-order valence-corrected chi connectivity index (χ2v) is 4.85. The van der Waals surface area contributed by atoms with Crippen molar-refractivity contribution in [1.82, 2.24) is 4.90 Å². The van der Waals surface area contributed by atoms with E-state index in [1.807, 2.05) is 0 Å². The molecule has 6 nitrogen and oxygen atoms in total. The van der Waals surface area contributed by atoms with Crippen LogP contribution in [0.25, 0.3) is 0 Å². The summed E-state index contributed by atoms with van der Waals surface area (Å²) in [7, 11) is 3.26. The number of nitro groups is 1. The van der Waals surface area contributed by atoms with Crippen molar-refractivity contribution < 1.29 is 14.5 Å². The third-order valence-electron chi connectivity index (χ3n) is 2.58. The van der Waals surface area contributed by atoms with Crippen LogP contribution in [0.4, 0.5) is 5.69 Å². The molecule has 0 radical (unpaired) electrons. The van der Waals surface area contributed by atoms with E-state index < -0.39 is 4.92 Å². The van der Waals surface area contributed by atoms with Gasteiger partial charge in [0, 0.05) is 38.9 Å². The minimum absolute atomic E-state index is 0.115. The van der Waals surface area contributed by atoms with E-state index in [1.165, 1.54) is 17.0 Å². The molecular formula is C12H15BrN2O4. The molecule has 1 aromatic carbocycles. The van der Waals surface area contributed by atoms with E-state index in [9.17, 15) is 14.9 Å². The van der Waals surface area contributed by atoms with Gasteiger partial charge in [0.15, 0.2) is 0 Å². The first kappa shape index (κ1) is 15.6. The van der Waals surface area contributed by atoms with Gasteiger partial charge in [0.25, 0.3) is 11.6 Å². The summed E-state index contributed by atoms with van der Waals surface area (Å²) in [6, 6.07) is 4.35. The number of carbonyl (C=O) groups excluding carboxylic acids is 1. The molecule has 0 saturated heterocycles. The molecule has 1 rings (SSSR count). The van der Waals surface area contributed by atoms with Gasteiger partial charge in [-0.1, -0.05) is 0 Å². The number of ether oxygens (including phenoxy) is 1. The number of hydrogen-bond acceptors (Lipinski definition) is 4. The van der Waals surface area contributed by atoms with Crippen LogP contribution in [0.5, 0.6) is 0 Å². The minimum Gasteiger partial charge on any atom is -0.385 e. The molecule has 0 spiro atoms. The quantitative estimate of drug-likeness (QED) is 0.456. The van der Waals surface area contributed by atoms with Crippen molar-refractivity contribution in [3.63, 3.8) is 0 Å². The van der Waals surface area contributed by atoms with Gasteiger partial charge in [-0.05, 0) is 34.5 Å². The highest BCUT2D eigenvalue weighted by molar-refractivity contribution is 9.10. The Hall–Kier alpha value is -1.47. The molecule has 0 saturated carbocycles. The molecule has 0 N–H and O–H groups in total. The second kappa shape index (κ2) is 7.20. The molecule has 7 heteroatoms. The lowest BCUT2D eigenvalue weighted by atomic mass is 10.2. The van der Waals surface area contributed by atoms with Gasteiger partial charge in [0.1, 0.15) is 0 Å². The Morgan fingerprint density at radius 2 is 2.21 bits per heavy atom. The first-order chi connectivity index (χ1) is 8.97. The number of carbonyl (C=O) groups is 1. The first-order valence-electron chi connectivity index (χ1n) is 5.65. The minimum atomic E-state index is -0.522. The predicted octanol–water partition coefficient (Wildman–Crippen LogP) is 2.47. The van der Waals surface area contributed by atoms with Crippen LogP contribution in [0, 0.1) is 10.1 Å². The summed E-state index contributed by atoms with van der Waals surface area (Å²) in [6.07, 6.45) is 0.720. The number of nitrogens with zero attached hydrogens (tertiary/aromatic N) is 2. The van der Waals surface area contributed by atoms with Crippen molar-refractivity contribution in [2.45, 2.75) is 6.42 Å². The number of rotatable bonds is 6. The van der Waals surface area contributed by atoms with Crippen molar-refractivity contribution in [2.24, 2.45) is 0 Å². The maximum Gasteiger partial charge on any atom is 0.284 e. The second-order valence-electron chi connectivity index (χ2n) is 4.00. The van der Waals surface area contributed by atoms with Gasteiger partial charge in [-0.25, -0.2) is 0 Å².